The molecule has 1 aromatic heterocycles. The van der Waals surface area contributed by atoms with Gasteiger partial charge in [0, 0.05) is 12.2 Å². The van der Waals surface area contributed by atoms with Crippen LogP contribution in [0.15, 0.2) is 18.3 Å². The number of hydrogen-bond donors (Lipinski definition) is 1. The van der Waals surface area contributed by atoms with Gasteiger partial charge in [0.15, 0.2) is 0 Å². The van der Waals surface area contributed by atoms with Crippen molar-refractivity contribution in [2.45, 2.75) is 53.0 Å². The molecular formula is C17H26N2. The third-order valence-corrected chi connectivity index (χ3v) is 6.08. The first-order valence-corrected chi connectivity index (χ1v) is 7.62. The van der Waals surface area contributed by atoms with Gasteiger partial charge < -0.3 is 5.32 Å². The summed E-state index contributed by atoms with van der Waals surface area (Å²) in [6, 6.07) is 4.77. The second-order valence-corrected chi connectivity index (χ2v) is 7.40. The zero-order valence-corrected chi connectivity index (χ0v) is 12.7. The van der Waals surface area contributed by atoms with Gasteiger partial charge in [0.25, 0.3) is 0 Å². The first-order valence-electron chi connectivity index (χ1n) is 7.62. The minimum Gasteiger partial charge on any atom is -0.308 e. The van der Waals surface area contributed by atoms with E-state index in [2.05, 4.69) is 50.1 Å². The Labute approximate surface area is 117 Å². The molecule has 2 aliphatic rings. The van der Waals surface area contributed by atoms with Gasteiger partial charge in [0.05, 0.1) is 5.69 Å². The van der Waals surface area contributed by atoms with Crippen LogP contribution >= 0.6 is 0 Å². The van der Waals surface area contributed by atoms with Crippen LogP contribution < -0.4 is 5.32 Å². The molecule has 0 radical (unpaired) electrons. The van der Waals surface area contributed by atoms with Gasteiger partial charge in [0.2, 0.25) is 0 Å². The van der Waals surface area contributed by atoms with E-state index in [1.165, 1.54) is 30.5 Å². The summed E-state index contributed by atoms with van der Waals surface area (Å²) in [4.78, 5) is 4.61. The highest BCUT2D eigenvalue weighted by atomic mass is 15.0. The number of fused-ring (bicyclic) bond motifs is 1. The standard InChI is InChI=1S/C17H26N2/c1-16(2)14(17(16,3)4)11-19-13-9-5-7-12-8-6-10-18-15(12)13/h6,8,10,13-14,19H,5,7,9,11H2,1-4H3. The Kier molecular flexibility index (Phi) is 2.97. The average molecular weight is 258 g/mol. The van der Waals surface area contributed by atoms with E-state index in [9.17, 15) is 0 Å². The SMILES string of the molecule is CC1(C)C(CNC2CCCc3cccnc32)C1(C)C. The highest BCUT2D eigenvalue weighted by Gasteiger charge is 2.63. The lowest BCUT2D eigenvalue weighted by Gasteiger charge is -2.25. The van der Waals surface area contributed by atoms with Crippen LogP contribution in [-0.4, -0.2) is 11.5 Å². The molecule has 1 saturated carbocycles. The molecule has 2 heteroatoms. The summed E-state index contributed by atoms with van der Waals surface area (Å²) in [5.41, 5.74) is 3.69. The van der Waals surface area contributed by atoms with Crippen molar-refractivity contribution in [2.24, 2.45) is 16.7 Å². The predicted octanol–water partition coefficient (Wildman–Crippen LogP) is 3.73. The van der Waals surface area contributed by atoms with E-state index < -0.39 is 0 Å². The van der Waals surface area contributed by atoms with Crippen molar-refractivity contribution >= 4 is 0 Å². The highest BCUT2D eigenvalue weighted by molar-refractivity contribution is 5.25. The fourth-order valence-electron chi connectivity index (χ4n) is 3.91. The fraction of sp³-hybridized carbons (Fsp3) is 0.706. The lowest BCUT2D eigenvalue weighted by Crippen LogP contribution is -2.29. The molecule has 0 saturated heterocycles. The van der Waals surface area contributed by atoms with E-state index in [4.69, 9.17) is 0 Å². The van der Waals surface area contributed by atoms with E-state index in [0.29, 0.717) is 16.9 Å². The summed E-state index contributed by atoms with van der Waals surface area (Å²) in [7, 11) is 0. The minimum atomic E-state index is 0.470. The number of hydrogen-bond acceptors (Lipinski definition) is 2. The molecule has 0 bridgehead atoms. The van der Waals surface area contributed by atoms with Crippen molar-refractivity contribution in [3.63, 3.8) is 0 Å². The zero-order valence-electron chi connectivity index (χ0n) is 12.7. The third kappa shape index (κ3) is 2.01. The van der Waals surface area contributed by atoms with Crippen LogP contribution in [0.5, 0.6) is 0 Å². The highest BCUT2D eigenvalue weighted by Crippen LogP contribution is 2.68. The topological polar surface area (TPSA) is 24.9 Å². The number of nitrogens with zero attached hydrogens (tertiary/aromatic N) is 1. The molecule has 0 spiro atoms. The normalized spacial score (nSPS) is 27.9. The van der Waals surface area contributed by atoms with Crippen molar-refractivity contribution in [1.82, 2.24) is 10.3 Å². The van der Waals surface area contributed by atoms with Gasteiger partial charge in [-0.25, -0.2) is 0 Å². The molecule has 1 heterocycles. The van der Waals surface area contributed by atoms with Crippen LogP contribution in [0.25, 0.3) is 0 Å². The van der Waals surface area contributed by atoms with Crippen LogP contribution in [0.2, 0.25) is 0 Å². The van der Waals surface area contributed by atoms with Crippen LogP contribution in [0.1, 0.15) is 57.8 Å². The number of aromatic nitrogens is 1. The van der Waals surface area contributed by atoms with E-state index >= 15 is 0 Å². The molecule has 0 amide bonds. The second-order valence-electron chi connectivity index (χ2n) is 7.40. The van der Waals surface area contributed by atoms with Crippen molar-refractivity contribution in [3.8, 4) is 0 Å². The molecule has 2 aliphatic carbocycles. The molecule has 1 unspecified atom stereocenters. The van der Waals surface area contributed by atoms with E-state index in [-0.39, 0.29) is 0 Å². The summed E-state index contributed by atoms with van der Waals surface area (Å²) in [5, 5.41) is 3.79. The minimum absolute atomic E-state index is 0.470. The van der Waals surface area contributed by atoms with Crippen LogP contribution in [0.4, 0.5) is 0 Å². The van der Waals surface area contributed by atoms with Crippen LogP contribution in [0.3, 0.4) is 0 Å². The molecule has 104 valence electrons. The van der Waals surface area contributed by atoms with Crippen molar-refractivity contribution < 1.29 is 0 Å². The monoisotopic (exact) mass is 258 g/mol. The molecule has 0 aliphatic heterocycles. The predicted molar refractivity (Wildman–Crippen MR) is 79.0 cm³/mol. The maximum Gasteiger partial charge on any atom is 0.0605 e. The summed E-state index contributed by atoms with van der Waals surface area (Å²) in [6.45, 7) is 10.7. The largest absolute Gasteiger partial charge is 0.308 e. The number of aryl methyl sites for hydroxylation is 1. The Morgan fingerprint density at radius 3 is 2.68 bits per heavy atom. The Morgan fingerprint density at radius 2 is 2.00 bits per heavy atom. The molecule has 3 rings (SSSR count). The number of pyridine rings is 1. The second kappa shape index (κ2) is 4.31. The van der Waals surface area contributed by atoms with Gasteiger partial charge in [-0.15, -0.1) is 0 Å². The lowest BCUT2D eigenvalue weighted by molar-refractivity contribution is 0.417. The maximum absolute atomic E-state index is 4.61. The lowest BCUT2D eigenvalue weighted by atomic mass is 9.92. The van der Waals surface area contributed by atoms with E-state index in [1.54, 1.807) is 0 Å². The molecule has 1 fully saturated rings. The van der Waals surface area contributed by atoms with E-state index in [1.807, 2.05) is 6.20 Å². The Hall–Kier alpha value is -0.890. The summed E-state index contributed by atoms with van der Waals surface area (Å²) < 4.78 is 0. The van der Waals surface area contributed by atoms with Gasteiger partial charge in [-0.1, -0.05) is 33.8 Å². The van der Waals surface area contributed by atoms with E-state index in [0.717, 1.165) is 12.5 Å². The first kappa shape index (κ1) is 13.1. The average Bonchev–Trinajstić information content (AvgIpc) is 2.77. The van der Waals surface area contributed by atoms with Gasteiger partial charge >= 0.3 is 0 Å². The molecule has 19 heavy (non-hydrogen) atoms. The number of nitrogens with one attached hydrogen (secondary N) is 1. The van der Waals surface area contributed by atoms with Gasteiger partial charge in [-0.2, -0.15) is 0 Å². The molecule has 0 aromatic carbocycles. The Bertz CT molecular complexity index is 462. The molecule has 1 N–H and O–H groups in total. The maximum atomic E-state index is 4.61. The van der Waals surface area contributed by atoms with Gasteiger partial charge in [-0.05, 0) is 54.2 Å². The third-order valence-electron chi connectivity index (χ3n) is 6.08. The molecule has 1 aromatic rings. The van der Waals surface area contributed by atoms with Gasteiger partial charge in [0.1, 0.15) is 0 Å². The summed E-state index contributed by atoms with van der Waals surface area (Å²) in [5.74, 6) is 0.786. The summed E-state index contributed by atoms with van der Waals surface area (Å²) >= 11 is 0. The van der Waals surface area contributed by atoms with Crippen molar-refractivity contribution in [2.75, 3.05) is 6.54 Å². The fourth-order valence-corrected chi connectivity index (χ4v) is 3.91. The van der Waals surface area contributed by atoms with Crippen LogP contribution in [-0.2, 0) is 6.42 Å². The zero-order chi connectivity index (χ0) is 13.7. The number of rotatable bonds is 3. The van der Waals surface area contributed by atoms with Crippen LogP contribution in [0, 0.1) is 16.7 Å². The van der Waals surface area contributed by atoms with Crippen molar-refractivity contribution in [1.29, 1.82) is 0 Å². The smallest absolute Gasteiger partial charge is 0.0605 e. The quantitative estimate of drug-likeness (QED) is 0.893. The van der Waals surface area contributed by atoms with Gasteiger partial charge in [-0.3, -0.25) is 4.98 Å². The van der Waals surface area contributed by atoms with Crippen molar-refractivity contribution in [3.05, 3.63) is 29.6 Å². The Morgan fingerprint density at radius 1 is 1.26 bits per heavy atom. The molecule has 2 nitrogen and oxygen atoms in total. The Balaban J connectivity index is 1.67. The summed E-state index contributed by atoms with van der Waals surface area (Å²) in [6.07, 6.45) is 5.65. The first-order chi connectivity index (χ1) is 8.94. The molecular weight excluding hydrogens is 232 g/mol. The molecule has 1 atom stereocenters.